The molecule has 2 aliphatic heterocycles. The third-order valence-corrected chi connectivity index (χ3v) is 4.02. The number of ether oxygens (including phenoxy) is 2. The summed E-state index contributed by atoms with van der Waals surface area (Å²) >= 11 is 0. The zero-order chi connectivity index (χ0) is 15.6. The van der Waals surface area contributed by atoms with E-state index >= 15 is 0 Å². The molecule has 6 heteroatoms. The van der Waals surface area contributed by atoms with Crippen LogP contribution in [-0.2, 0) is 14.3 Å². The van der Waals surface area contributed by atoms with Crippen LogP contribution in [0.2, 0.25) is 0 Å². The molecule has 0 aromatic carbocycles. The summed E-state index contributed by atoms with van der Waals surface area (Å²) in [5.74, 6) is 0.392. The van der Waals surface area contributed by atoms with Gasteiger partial charge in [0.05, 0.1) is 12.5 Å². The summed E-state index contributed by atoms with van der Waals surface area (Å²) in [5, 5.41) is 3.26. The molecule has 0 aromatic rings. The molecule has 0 bridgehead atoms. The van der Waals surface area contributed by atoms with Crippen molar-refractivity contribution in [2.45, 2.75) is 33.3 Å². The quantitative estimate of drug-likeness (QED) is 0.794. The van der Waals surface area contributed by atoms with Gasteiger partial charge in [-0.15, -0.1) is 0 Å². The maximum absolute atomic E-state index is 11.9. The average Bonchev–Trinajstić information content (AvgIpc) is 2.73. The lowest BCUT2D eigenvalue weighted by atomic mass is 9.79. The third-order valence-electron chi connectivity index (χ3n) is 4.02. The fourth-order valence-corrected chi connectivity index (χ4v) is 2.96. The first-order valence-electron chi connectivity index (χ1n) is 7.67. The Morgan fingerprint density at radius 2 is 1.90 bits per heavy atom. The molecule has 1 amide bonds. The molecule has 0 aliphatic carbocycles. The van der Waals surface area contributed by atoms with Crippen molar-refractivity contribution in [2.24, 2.45) is 17.8 Å². The highest BCUT2D eigenvalue weighted by molar-refractivity contribution is 5.74. The van der Waals surface area contributed by atoms with Crippen LogP contribution in [0.4, 0.5) is 4.79 Å². The predicted octanol–water partition coefficient (Wildman–Crippen LogP) is 1.25. The zero-order valence-corrected chi connectivity index (χ0v) is 13.3. The van der Waals surface area contributed by atoms with E-state index in [4.69, 9.17) is 9.47 Å². The van der Waals surface area contributed by atoms with Gasteiger partial charge in [0.2, 0.25) is 0 Å². The van der Waals surface area contributed by atoms with Crippen molar-refractivity contribution < 1.29 is 19.1 Å². The van der Waals surface area contributed by atoms with E-state index in [1.165, 1.54) is 0 Å². The van der Waals surface area contributed by atoms with E-state index in [1.807, 2.05) is 27.7 Å². The largest absolute Gasteiger partial charge is 0.466 e. The fourth-order valence-electron chi connectivity index (χ4n) is 2.96. The van der Waals surface area contributed by atoms with Crippen molar-refractivity contribution in [3.05, 3.63) is 0 Å². The third kappa shape index (κ3) is 3.87. The lowest BCUT2D eigenvalue weighted by Gasteiger charge is -2.43. The lowest BCUT2D eigenvalue weighted by Crippen LogP contribution is -2.55. The van der Waals surface area contributed by atoms with E-state index in [1.54, 1.807) is 4.90 Å². The van der Waals surface area contributed by atoms with Crippen molar-refractivity contribution in [3.8, 4) is 0 Å². The number of nitrogens with zero attached hydrogens (tertiary/aromatic N) is 1. The topological polar surface area (TPSA) is 67.9 Å². The van der Waals surface area contributed by atoms with Gasteiger partial charge in [-0.25, -0.2) is 4.79 Å². The summed E-state index contributed by atoms with van der Waals surface area (Å²) in [7, 11) is 0. The molecule has 2 aliphatic rings. The number of likely N-dealkylation sites (tertiary alicyclic amines) is 1. The van der Waals surface area contributed by atoms with Crippen LogP contribution in [-0.4, -0.2) is 55.3 Å². The monoisotopic (exact) mass is 298 g/mol. The van der Waals surface area contributed by atoms with E-state index in [0.717, 1.165) is 6.54 Å². The lowest BCUT2D eigenvalue weighted by molar-refractivity contribution is -0.150. The number of carbonyl (C=O) groups is 2. The van der Waals surface area contributed by atoms with Gasteiger partial charge in [0.1, 0.15) is 5.60 Å². The highest BCUT2D eigenvalue weighted by Gasteiger charge is 2.45. The summed E-state index contributed by atoms with van der Waals surface area (Å²) in [6, 6.07) is 0. The summed E-state index contributed by atoms with van der Waals surface area (Å²) in [4.78, 5) is 25.6. The Bertz CT molecular complexity index is 399. The Morgan fingerprint density at radius 3 is 2.48 bits per heavy atom. The predicted molar refractivity (Wildman–Crippen MR) is 77.8 cm³/mol. The van der Waals surface area contributed by atoms with Crippen LogP contribution in [0.1, 0.15) is 27.7 Å². The van der Waals surface area contributed by atoms with Crippen molar-refractivity contribution in [3.63, 3.8) is 0 Å². The van der Waals surface area contributed by atoms with Crippen molar-refractivity contribution in [2.75, 3.05) is 32.8 Å². The van der Waals surface area contributed by atoms with E-state index in [2.05, 4.69) is 5.32 Å². The normalized spacial score (nSPS) is 26.4. The summed E-state index contributed by atoms with van der Waals surface area (Å²) in [6.45, 7) is 10.6. The van der Waals surface area contributed by atoms with E-state index in [9.17, 15) is 9.59 Å². The molecule has 2 unspecified atom stereocenters. The molecule has 2 saturated heterocycles. The molecule has 120 valence electrons. The molecular formula is C15H26N2O4. The van der Waals surface area contributed by atoms with E-state index < -0.39 is 5.60 Å². The van der Waals surface area contributed by atoms with Crippen molar-refractivity contribution in [1.82, 2.24) is 10.2 Å². The first kappa shape index (κ1) is 16.1. The molecule has 0 aromatic heterocycles. The van der Waals surface area contributed by atoms with Gasteiger partial charge < -0.3 is 19.7 Å². The van der Waals surface area contributed by atoms with E-state index in [0.29, 0.717) is 32.2 Å². The molecule has 0 saturated carbocycles. The minimum absolute atomic E-state index is 0.0873. The molecule has 0 radical (unpaired) electrons. The molecule has 2 heterocycles. The smallest absolute Gasteiger partial charge is 0.410 e. The van der Waals surface area contributed by atoms with Gasteiger partial charge in [0.25, 0.3) is 0 Å². The Hall–Kier alpha value is -1.30. The van der Waals surface area contributed by atoms with Crippen LogP contribution >= 0.6 is 0 Å². The van der Waals surface area contributed by atoms with Gasteiger partial charge in [0, 0.05) is 19.6 Å². The second kappa shape index (κ2) is 6.22. The number of nitrogens with one attached hydrogen (secondary N) is 1. The van der Waals surface area contributed by atoms with Gasteiger partial charge >= 0.3 is 12.1 Å². The van der Waals surface area contributed by atoms with Crippen LogP contribution in [0.15, 0.2) is 0 Å². The molecule has 1 N–H and O–H groups in total. The van der Waals surface area contributed by atoms with Crippen LogP contribution in [0.25, 0.3) is 0 Å². The number of hydrogen-bond acceptors (Lipinski definition) is 5. The number of hydrogen-bond donors (Lipinski definition) is 1. The highest BCUT2D eigenvalue weighted by atomic mass is 16.6. The van der Waals surface area contributed by atoms with Crippen LogP contribution in [0.3, 0.4) is 0 Å². The Kier molecular flexibility index (Phi) is 4.76. The SMILES string of the molecule is CCOC(=O)C1CNCC1C1CN(C(=O)OC(C)(C)C)C1. The van der Waals surface area contributed by atoms with Crippen molar-refractivity contribution >= 4 is 12.1 Å². The molecule has 2 atom stereocenters. The number of esters is 1. The molecule has 6 nitrogen and oxygen atoms in total. The molecular weight excluding hydrogens is 272 g/mol. The number of carbonyl (C=O) groups excluding carboxylic acids is 2. The molecule has 21 heavy (non-hydrogen) atoms. The Balaban J connectivity index is 1.83. The van der Waals surface area contributed by atoms with Gasteiger partial charge in [-0.1, -0.05) is 0 Å². The van der Waals surface area contributed by atoms with E-state index in [-0.39, 0.29) is 23.9 Å². The zero-order valence-electron chi connectivity index (χ0n) is 13.3. The second-order valence-corrected chi connectivity index (χ2v) is 6.83. The maximum Gasteiger partial charge on any atom is 0.410 e. The average molecular weight is 298 g/mol. The highest BCUT2D eigenvalue weighted by Crippen LogP contribution is 2.33. The second-order valence-electron chi connectivity index (χ2n) is 6.83. The number of rotatable bonds is 3. The van der Waals surface area contributed by atoms with Crippen LogP contribution in [0, 0.1) is 17.8 Å². The molecule has 0 spiro atoms. The summed E-state index contributed by atoms with van der Waals surface area (Å²) < 4.78 is 10.5. The van der Waals surface area contributed by atoms with Gasteiger partial charge in [-0.3, -0.25) is 4.79 Å². The van der Waals surface area contributed by atoms with Crippen molar-refractivity contribution in [1.29, 1.82) is 0 Å². The Morgan fingerprint density at radius 1 is 1.24 bits per heavy atom. The molecule has 2 rings (SSSR count). The standard InChI is InChI=1S/C15H26N2O4/c1-5-20-13(18)12-7-16-6-11(12)10-8-17(9-10)14(19)21-15(2,3)4/h10-12,16H,5-9H2,1-4H3. The summed E-state index contributed by atoms with van der Waals surface area (Å²) in [6.07, 6.45) is -0.266. The van der Waals surface area contributed by atoms with Gasteiger partial charge in [0.15, 0.2) is 0 Å². The van der Waals surface area contributed by atoms with Crippen LogP contribution in [0.5, 0.6) is 0 Å². The van der Waals surface area contributed by atoms with Gasteiger partial charge in [-0.2, -0.15) is 0 Å². The minimum Gasteiger partial charge on any atom is -0.466 e. The first-order chi connectivity index (χ1) is 9.81. The summed E-state index contributed by atoms with van der Waals surface area (Å²) in [5.41, 5.74) is -0.468. The van der Waals surface area contributed by atoms with Crippen LogP contribution < -0.4 is 5.32 Å². The maximum atomic E-state index is 11.9. The fraction of sp³-hybridized carbons (Fsp3) is 0.867. The minimum atomic E-state index is -0.468. The van der Waals surface area contributed by atoms with Gasteiger partial charge in [-0.05, 0) is 46.1 Å². The first-order valence-corrected chi connectivity index (χ1v) is 7.67. The number of amides is 1. The Labute approximate surface area is 126 Å². The molecule has 2 fully saturated rings.